The zero-order chi connectivity index (χ0) is 15.4. The number of hydrogen-bond donors (Lipinski definition) is 2. The van der Waals surface area contributed by atoms with Crippen molar-refractivity contribution >= 4 is 29.2 Å². The van der Waals surface area contributed by atoms with Crippen LogP contribution in [0, 0.1) is 0 Å². The van der Waals surface area contributed by atoms with Gasteiger partial charge in [0.15, 0.2) is 0 Å². The fourth-order valence-electron chi connectivity index (χ4n) is 2.17. The molecule has 0 aliphatic heterocycles. The SMILES string of the molecule is CCN(Cc1nc2ccccc2c(=O)[nH]1)C(=O)CC(C)N.Cl. The minimum atomic E-state index is -0.189. The minimum absolute atomic E-state index is 0. The van der Waals surface area contributed by atoms with Crippen molar-refractivity contribution in [1.29, 1.82) is 0 Å². The number of nitrogens with zero attached hydrogens (tertiary/aromatic N) is 2. The molecule has 0 saturated heterocycles. The summed E-state index contributed by atoms with van der Waals surface area (Å²) in [7, 11) is 0. The minimum Gasteiger partial charge on any atom is -0.335 e. The Morgan fingerprint density at radius 1 is 1.41 bits per heavy atom. The summed E-state index contributed by atoms with van der Waals surface area (Å²) >= 11 is 0. The third-order valence-corrected chi connectivity index (χ3v) is 3.23. The first-order chi connectivity index (χ1) is 10.0. The van der Waals surface area contributed by atoms with Crippen LogP contribution in [0.15, 0.2) is 29.1 Å². The molecule has 120 valence electrons. The molecular weight excluding hydrogens is 304 g/mol. The van der Waals surface area contributed by atoms with Crippen LogP contribution in [-0.4, -0.2) is 33.4 Å². The maximum atomic E-state index is 12.1. The molecule has 1 amide bonds. The van der Waals surface area contributed by atoms with Gasteiger partial charge in [-0.1, -0.05) is 12.1 Å². The lowest BCUT2D eigenvalue weighted by atomic mass is 10.2. The summed E-state index contributed by atoms with van der Waals surface area (Å²) in [5.41, 5.74) is 6.10. The van der Waals surface area contributed by atoms with Gasteiger partial charge >= 0.3 is 0 Å². The number of carbonyl (C=O) groups is 1. The van der Waals surface area contributed by atoms with Crippen molar-refractivity contribution in [2.45, 2.75) is 32.9 Å². The van der Waals surface area contributed by atoms with E-state index in [1.165, 1.54) is 0 Å². The molecular formula is C15H21ClN4O2. The van der Waals surface area contributed by atoms with Gasteiger partial charge in [0.05, 0.1) is 17.4 Å². The largest absolute Gasteiger partial charge is 0.335 e. The summed E-state index contributed by atoms with van der Waals surface area (Å²) in [4.78, 5) is 32.8. The van der Waals surface area contributed by atoms with Crippen LogP contribution in [0.2, 0.25) is 0 Å². The number of para-hydroxylation sites is 1. The van der Waals surface area contributed by atoms with Crippen LogP contribution < -0.4 is 11.3 Å². The van der Waals surface area contributed by atoms with Crippen LogP contribution in [-0.2, 0) is 11.3 Å². The standard InChI is InChI=1S/C15H20N4O2.ClH/c1-3-19(14(20)8-10(2)16)9-13-17-12-7-5-4-6-11(12)15(21)18-13;/h4-7,10H,3,8-9,16H2,1-2H3,(H,17,18,21);1H. The van der Waals surface area contributed by atoms with Crippen molar-refractivity contribution in [3.05, 3.63) is 40.4 Å². The number of aromatic nitrogens is 2. The number of halogens is 1. The van der Waals surface area contributed by atoms with Crippen molar-refractivity contribution in [2.75, 3.05) is 6.54 Å². The zero-order valence-electron chi connectivity index (χ0n) is 12.7. The van der Waals surface area contributed by atoms with Gasteiger partial charge in [-0.2, -0.15) is 0 Å². The van der Waals surface area contributed by atoms with E-state index in [1.54, 1.807) is 30.0 Å². The van der Waals surface area contributed by atoms with E-state index in [0.29, 0.717) is 23.3 Å². The molecule has 1 atom stereocenters. The Kier molecular flexibility index (Phi) is 6.52. The van der Waals surface area contributed by atoms with Crippen LogP contribution >= 0.6 is 12.4 Å². The van der Waals surface area contributed by atoms with Gasteiger partial charge < -0.3 is 15.6 Å². The molecule has 0 radical (unpaired) electrons. The highest BCUT2D eigenvalue weighted by molar-refractivity contribution is 5.85. The molecule has 2 rings (SSSR count). The van der Waals surface area contributed by atoms with E-state index < -0.39 is 0 Å². The lowest BCUT2D eigenvalue weighted by Gasteiger charge is -2.21. The van der Waals surface area contributed by atoms with Gasteiger partial charge in [-0.25, -0.2) is 4.98 Å². The fraction of sp³-hybridized carbons (Fsp3) is 0.400. The molecule has 3 N–H and O–H groups in total. The average Bonchev–Trinajstić information content (AvgIpc) is 2.44. The third-order valence-electron chi connectivity index (χ3n) is 3.23. The van der Waals surface area contributed by atoms with Crippen LogP contribution in [0.1, 0.15) is 26.1 Å². The maximum absolute atomic E-state index is 12.1. The Labute approximate surface area is 135 Å². The molecule has 1 heterocycles. The van der Waals surface area contributed by atoms with Gasteiger partial charge in [-0.15, -0.1) is 12.4 Å². The van der Waals surface area contributed by atoms with Crippen LogP contribution in [0.4, 0.5) is 0 Å². The first kappa shape index (κ1) is 18.1. The van der Waals surface area contributed by atoms with Gasteiger partial charge in [0.2, 0.25) is 5.91 Å². The van der Waals surface area contributed by atoms with Gasteiger partial charge in [-0.05, 0) is 26.0 Å². The van der Waals surface area contributed by atoms with Crippen molar-refractivity contribution in [3.63, 3.8) is 0 Å². The van der Waals surface area contributed by atoms with E-state index in [0.717, 1.165) is 0 Å². The van der Waals surface area contributed by atoms with Crippen molar-refractivity contribution in [3.8, 4) is 0 Å². The van der Waals surface area contributed by atoms with E-state index in [-0.39, 0.29) is 42.9 Å². The van der Waals surface area contributed by atoms with Crippen molar-refractivity contribution < 1.29 is 4.79 Å². The van der Waals surface area contributed by atoms with E-state index in [2.05, 4.69) is 9.97 Å². The Balaban J connectivity index is 0.00000242. The average molecular weight is 325 g/mol. The highest BCUT2D eigenvalue weighted by Gasteiger charge is 2.15. The molecule has 0 bridgehead atoms. The molecule has 1 aromatic carbocycles. The quantitative estimate of drug-likeness (QED) is 0.870. The number of aromatic amines is 1. The van der Waals surface area contributed by atoms with Crippen molar-refractivity contribution in [2.24, 2.45) is 5.73 Å². The predicted octanol–water partition coefficient (Wildman–Crippen LogP) is 1.43. The maximum Gasteiger partial charge on any atom is 0.258 e. The molecule has 2 aromatic rings. The number of carbonyl (C=O) groups excluding carboxylic acids is 1. The fourth-order valence-corrected chi connectivity index (χ4v) is 2.17. The molecule has 0 aliphatic carbocycles. The highest BCUT2D eigenvalue weighted by Crippen LogP contribution is 2.08. The second kappa shape index (κ2) is 7.91. The molecule has 7 heteroatoms. The number of fused-ring (bicyclic) bond motifs is 1. The van der Waals surface area contributed by atoms with Crippen LogP contribution in [0.5, 0.6) is 0 Å². The van der Waals surface area contributed by atoms with Gasteiger partial charge in [0.25, 0.3) is 5.56 Å². The summed E-state index contributed by atoms with van der Waals surface area (Å²) in [6.07, 6.45) is 0.283. The molecule has 0 fully saturated rings. The summed E-state index contributed by atoms with van der Waals surface area (Å²) in [5.74, 6) is 0.446. The molecule has 0 saturated carbocycles. The number of benzene rings is 1. The van der Waals surface area contributed by atoms with Gasteiger partial charge in [0.1, 0.15) is 5.82 Å². The smallest absolute Gasteiger partial charge is 0.258 e. The lowest BCUT2D eigenvalue weighted by Crippen LogP contribution is -2.35. The summed E-state index contributed by atoms with van der Waals surface area (Å²) in [5, 5.41) is 0.547. The van der Waals surface area contributed by atoms with Gasteiger partial charge in [0, 0.05) is 19.0 Å². The normalized spacial score (nSPS) is 11.8. The third kappa shape index (κ3) is 4.29. The lowest BCUT2D eigenvalue weighted by molar-refractivity contribution is -0.132. The second-order valence-corrected chi connectivity index (χ2v) is 5.12. The van der Waals surface area contributed by atoms with Crippen LogP contribution in [0.3, 0.4) is 0 Å². The van der Waals surface area contributed by atoms with E-state index >= 15 is 0 Å². The molecule has 1 unspecified atom stereocenters. The summed E-state index contributed by atoms with van der Waals surface area (Å²) in [6.45, 7) is 4.50. The number of hydrogen-bond acceptors (Lipinski definition) is 4. The predicted molar refractivity (Wildman–Crippen MR) is 89.0 cm³/mol. The Morgan fingerprint density at radius 2 is 2.09 bits per heavy atom. The topological polar surface area (TPSA) is 92.1 Å². The number of nitrogens with two attached hydrogens (primary N) is 1. The highest BCUT2D eigenvalue weighted by atomic mass is 35.5. The zero-order valence-corrected chi connectivity index (χ0v) is 13.5. The Bertz CT molecular complexity index is 699. The molecule has 0 spiro atoms. The van der Waals surface area contributed by atoms with Crippen LogP contribution in [0.25, 0.3) is 10.9 Å². The van der Waals surface area contributed by atoms with Crippen molar-refractivity contribution in [1.82, 2.24) is 14.9 Å². The van der Waals surface area contributed by atoms with E-state index in [4.69, 9.17) is 5.73 Å². The number of nitrogens with one attached hydrogen (secondary N) is 1. The summed E-state index contributed by atoms with van der Waals surface area (Å²) in [6, 6.07) is 6.95. The van der Waals surface area contributed by atoms with Gasteiger partial charge in [-0.3, -0.25) is 9.59 Å². The molecule has 0 aliphatic rings. The second-order valence-electron chi connectivity index (χ2n) is 5.12. The molecule has 1 aromatic heterocycles. The monoisotopic (exact) mass is 324 g/mol. The molecule has 22 heavy (non-hydrogen) atoms. The van der Waals surface area contributed by atoms with E-state index in [9.17, 15) is 9.59 Å². The Hall–Kier alpha value is -1.92. The summed E-state index contributed by atoms with van der Waals surface area (Å²) < 4.78 is 0. The number of amides is 1. The Morgan fingerprint density at radius 3 is 2.73 bits per heavy atom. The number of H-pyrrole nitrogens is 1. The molecule has 6 nitrogen and oxygen atoms in total. The first-order valence-corrected chi connectivity index (χ1v) is 7.02. The number of rotatable bonds is 5. The van der Waals surface area contributed by atoms with E-state index in [1.807, 2.05) is 13.0 Å². The first-order valence-electron chi connectivity index (χ1n) is 7.02.